The highest BCUT2D eigenvalue weighted by Gasteiger charge is 2.54. The highest BCUT2D eigenvalue weighted by atomic mass is 32.2. The SMILES string of the molecule is CCC(C)(C)C(=O)O[C@@H]1CC(SC)(S(C)=O)C[C@H]2CC[C@@H](C)[C@@H](CC[C@@H](O)C[C@H](O)CC(=O)O)[C@H]21. The smallest absolute Gasteiger partial charge is 0.311 e. The van der Waals surface area contributed by atoms with E-state index in [0.717, 1.165) is 25.7 Å². The van der Waals surface area contributed by atoms with Crippen LogP contribution in [0.15, 0.2) is 0 Å². The Morgan fingerprint density at radius 2 is 1.86 bits per heavy atom. The van der Waals surface area contributed by atoms with E-state index in [1.165, 1.54) is 0 Å². The van der Waals surface area contributed by atoms with Crippen molar-refractivity contribution in [2.24, 2.45) is 29.1 Å². The monoisotopic (exact) mass is 534 g/mol. The van der Waals surface area contributed by atoms with E-state index in [4.69, 9.17) is 9.84 Å². The summed E-state index contributed by atoms with van der Waals surface area (Å²) in [6.45, 7) is 7.99. The number of ether oxygens (including phenoxy) is 1. The van der Waals surface area contributed by atoms with E-state index in [1.54, 1.807) is 18.0 Å². The third-order valence-electron chi connectivity index (χ3n) is 8.66. The first-order valence-electron chi connectivity index (χ1n) is 12.9. The summed E-state index contributed by atoms with van der Waals surface area (Å²) in [5.74, 6) is -0.250. The van der Waals surface area contributed by atoms with Crippen molar-refractivity contribution in [3.63, 3.8) is 0 Å². The summed E-state index contributed by atoms with van der Waals surface area (Å²) in [6.07, 6.45) is 6.52. The van der Waals surface area contributed by atoms with Gasteiger partial charge in [0.05, 0.1) is 28.1 Å². The van der Waals surface area contributed by atoms with Crippen LogP contribution in [0.2, 0.25) is 0 Å². The molecule has 0 spiro atoms. The Hall–Kier alpha value is -0.640. The molecule has 2 fully saturated rings. The average Bonchev–Trinajstić information content (AvgIpc) is 2.77. The maximum atomic E-state index is 13.2. The van der Waals surface area contributed by atoms with E-state index in [2.05, 4.69) is 6.92 Å². The molecule has 0 aliphatic heterocycles. The molecule has 9 atom stereocenters. The summed E-state index contributed by atoms with van der Waals surface area (Å²) in [6, 6.07) is 0. The van der Waals surface area contributed by atoms with Gasteiger partial charge in [0.15, 0.2) is 0 Å². The second-order valence-electron chi connectivity index (χ2n) is 11.4. The van der Waals surface area contributed by atoms with Crippen LogP contribution in [0.25, 0.3) is 0 Å². The van der Waals surface area contributed by atoms with Crippen molar-refractivity contribution < 1.29 is 33.9 Å². The van der Waals surface area contributed by atoms with E-state index in [-0.39, 0.29) is 36.8 Å². The second-order valence-corrected chi connectivity index (χ2v) is 14.6. The highest BCUT2D eigenvalue weighted by molar-refractivity contribution is 8.11. The quantitative estimate of drug-likeness (QED) is 0.318. The van der Waals surface area contributed by atoms with Crippen LogP contribution in [-0.4, -0.2) is 66.4 Å². The molecule has 0 heterocycles. The van der Waals surface area contributed by atoms with Gasteiger partial charge in [0, 0.05) is 29.4 Å². The van der Waals surface area contributed by atoms with E-state index >= 15 is 0 Å². The summed E-state index contributed by atoms with van der Waals surface area (Å²) in [5.41, 5.74) is -0.591. The number of carbonyl (C=O) groups excluding carboxylic acids is 1. The first kappa shape index (κ1) is 30.6. The number of fused-ring (bicyclic) bond motifs is 1. The van der Waals surface area contributed by atoms with Crippen molar-refractivity contribution in [3.05, 3.63) is 0 Å². The van der Waals surface area contributed by atoms with Gasteiger partial charge in [-0.1, -0.05) is 20.3 Å². The van der Waals surface area contributed by atoms with Gasteiger partial charge >= 0.3 is 11.9 Å². The van der Waals surface area contributed by atoms with Crippen molar-refractivity contribution in [3.8, 4) is 0 Å². The van der Waals surface area contributed by atoms with Gasteiger partial charge < -0.3 is 20.1 Å². The molecular formula is C26H46O7S2. The van der Waals surface area contributed by atoms with Crippen molar-refractivity contribution in [1.29, 1.82) is 0 Å². The number of carboxylic acid groups (broad SMARTS) is 1. The summed E-state index contributed by atoms with van der Waals surface area (Å²) < 4.78 is 18.7. The Bertz CT molecular complexity index is 758. The fraction of sp³-hybridized carbons (Fsp3) is 0.923. The summed E-state index contributed by atoms with van der Waals surface area (Å²) in [5, 5.41) is 29.3. The second kappa shape index (κ2) is 12.7. The van der Waals surface area contributed by atoms with Crippen LogP contribution in [0.4, 0.5) is 0 Å². The van der Waals surface area contributed by atoms with Crippen molar-refractivity contribution in [2.45, 2.75) is 108 Å². The minimum Gasteiger partial charge on any atom is -0.481 e. The first-order valence-corrected chi connectivity index (χ1v) is 15.7. The minimum atomic E-state index is -1.08. The van der Waals surface area contributed by atoms with Gasteiger partial charge in [-0.05, 0) is 76.4 Å². The van der Waals surface area contributed by atoms with Crippen molar-refractivity contribution in [1.82, 2.24) is 0 Å². The van der Waals surface area contributed by atoms with Crippen LogP contribution in [-0.2, 0) is 25.1 Å². The maximum absolute atomic E-state index is 13.2. The molecule has 0 amide bonds. The van der Waals surface area contributed by atoms with Gasteiger partial charge in [-0.15, -0.1) is 11.8 Å². The number of thioether (sulfide) groups is 1. The van der Waals surface area contributed by atoms with Gasteiger partial charge in [-0.2, -0.15) is 0 Å². The van der Waals surface area contributed by atoms with Gasteiger partial charge in [0.25, 0.3) is 0 Å². The molecule has 2 aliphatic rings. The standard InChI is InChI=1S/C26H46O7S2/c1-7-25(3,4)24(31)33-21-15-26(34-5,35(6)32)14-17-9-8-16(2)20(23(17)21)11-10-18(27)12-19(28)13-22(29)30/h16-21,23,27-28H,7-15H2,1-6H3,(H,29,30)/t16-,17-,18-,19+,20-,21-,23+,26?,35?/m1/s1. The zero-order chi connectivity index (χ0) is 26.6. The molecule has 2 aliphatic carbocycles. The number of aliphatic hydroxyl groups excluding tert-OH is 2. The molecule has 204 valence electrons. The lowest BCUT2D eigenvalue weighted by molar-refractivity contribution is -0.171. The maximum Gasteiger partial charge on any atom is 0.311 e. The third kappa shape index (κ3) is 7.68. The zero-order valence-corrected chi connectivity index (χ0v) is 23.8. The fourth-order valence-electron chi connectivity index (χ4n) is 6.01. The average molecular weight is 535 g/mol. The van der Waals surface area contributed by atoms with Crippen LogP contribution in [0.1, 0.15) is 85.5 Å². The predicted octanol–water partition coefficient (Wildman–Crippen LogP) is 4.21. The van der Waals surface area contributed by atoms with Crippen LogP contribution < -0.4 is 0 Å². The van der Waals surface area contributed by atoms with E-state index in [1.807, 2.05) is 27.0 Å². The van der Waals surface area contributed by atoms with Gasteiger partial charge in [0.1, 0.15) is 6.10 Å². The topological polar surface area (TPSA) is 121 Å². The Kier molecular flexibility index (Phi) is 11.1. The number of aliphatic carboxylic acids is 1. The largest absolute Gasteiger partial charge is 0.481 e. The normalized spacial score (nSPS) is 33.9. The van der Waals surface area contributed by atoms with Crippen LogP contribution in [0.3, 0.4) is 0 Å². The van der Waals surface area contributed by atoms with Crippen LogP contribution in [0.5, 0.6) is 0 Å². The van der Waals surface area contributed by atoms with E-state index in [0.29, 0.717) is 31.1 Å². The third-order valence-corrected chi connectivity index (χ3v) is 12.3. The molecule has 0 aromatic rings. The number of hydrogen-bond donors (Lipinski definition) is 3. The number of rotatable bonds is 12. The Balaban J connectivity index is 2.26. The first-order chi connectivity index (χ1) is 16.3. The molecule has 3 N–H and O–H groups in total. The molecule has 7 nitrogen and oxygen atoms in total. The number of carboxylic acids is 1. The molecule has 0 aromatic carbocycles. The Morgan fingerprint density at radius 1 is 1.20 bits per heavy atom. The predicted molar refractivity (Wildman–Crippen MR) is 140 cm³/mol. The Labute approximate surface area is 217 Å². The van der Waals surface area contributed by atoms with Gasteiger partial charge in [0.2, 0.25) is 0 Å². The summed E-state index contributed by atoms with van der Waals surface area (Å²) in [4.78, 5) is 24.0. The van der Waals surface area contributed by atoms with E-state index in [9.17, 15) is 24.0 Å². The Morgan fingerprint density at radius 3 is 2.40 bits per heavy atom. The fourth-order valence-corrected chi connectivity index (χ4v) is 8.51. The lowest BCUT2D eigenvalue weighted by Crippen LogP contribution is -2.54. The van der Waals surface area contributed by atoms with Crippen LogP contribution in [0, 0.1) is 29.1 Å². The van der Waals surface area contributed by atoms with Crippen molar-refractivity contribution >= 4 is 34.5 Å². The molecule has 2 unspecified atom stereocenters. The summed E-state index contributed by atoms with van der Waals surface area (Å²) >= 11 is 1.63. The number of esters is 1. The van der Waals surface area contributed by atoms with Gasteiger partial charge in [-0.3, -0.25) is 13.8 Å². The molecule has 0 radical (unpaired) electrons. The molecule has 0 aromatic heterocycles. The van der Waals surface area contributed by atoms with E-state index < -0.39 is 38.5 Å². The van der Waals surface area contributed by atoms with Crippen LogP contribution >= 0.6 is 11.8 Å². The number of hydrogen-bond acceptors (Lipinski definition) is 7. The zero-order valence-electron chi connectivity index (χ0n) is 22.2. The minimum absolute atomic E-state index is 0.0367. The number of carbonyl (C=O) groups is 2. The molecule has 35 heavy (non-hydrogen) atoms. The molecule has 0 saturated heterocycles. The highest BCUT2D eigenvalue weighted by Crippen LogP contribution is 2.55. The molecule has 9 heteroatoms. The molecular weight excluding hydrogens is 488 g/mol. The molecule has 2 rings (SSSR count). The number of aliphatic hydroxyl groups is 2. The molecule has 0 bridgehead atoms. The lowest BCUT2D eigenvalue weighted by Gasteiger charge is -2.53. The summed E-state index contributed by atoms with van der Waals surface area (Å²) in [7, 11) is -1.07. The lowest BCUT2D eigenvalue weighted by atomic mass is 9.59. The van der Waals surface area contributed by atoms with Gasteiger partial charge in [-0.25, -0.2) is 0 Å². The van der Waals surface area contributed by atoms with Crippen molar-refractivity contribution in [2.75, 3.05) is 12.5 Å². The molecule has 2 saturated carbocycles.